The van der Waals surface area contributed by atoms with Crippen LogP contribution in [0.5, 0.6) is 0 Å². The first-order chi connectivity index (χ1) is 7.42. The average molecular weight is 205 g/mol. The van der Waals surface area contributed by atoms with E-state index < -0.39 is 0 Å². The van der Waals surface area contributed by atoms with Gasteiger partial charge in [-0.2, -0.15) is 0 Å². The SMILES string of the molecule is NCCc1cnccc1N1CCCCC1. The van der Waals surface area contributed by atoms with E-state index in [1.165, 1.54) is 43.6 Å². The third-order valence-corrected chi connectivity index (χ3v) is 2.99. The van der Waals surface area contributed by atoms with Gasteiger partial charge in [-0.15, -0.1) is 0 Å². The highest BCUT2D eigenvalue weighted by atomic mass is 15.1. The summed E-state index contributed by atoms with van der Waals surface area (Å²) in [5.41, 5.74) is 8.25. The summed E-state index contributed by atoms with van der Waals surface area (Å²) < 4.78 is 0. The van der Waals surface area contributed by atoms with E-state index in [1.807, 2.05) is 12.4 Å². The molecule has 2 N–H and O–H groups in total. The predicted octanol–water partition coefficient (Wildman–Crippen LogP) is 1.57. The molecule has 0 unspecified atom stereocenters. The Morgan fingerprint density at radius 3 is 2.80 bits per heavy atom. The highest BCUT2D eigenvalue weighted by molar-refractivity contribution is 5.52. The average Bonchev–Trinajstić information content (AvgIpc) is 2.31. The number of pyridine rings is 1. The molecule has 1 aromatic heterocycles. The van der Waals surface area contributed by atoms with Crippen molar-refractivity contribution >= 4 is 5.69 Å². The topological polar surface area (TPSA) is 42.1 Å². The van der Waals surface area contributed by atoms with Gasteiger partial charge in [0.15, 0.2) is 0 Å². The number of aromatic nitrogens is 1. The van der Waals surface area contributed by atoms with Crippen molar-refractivity contribution in [1.82, 2.24) is 4.98 Å². The molecule has 3 heteroatoms. The lowest BCUT2D eigenvalue weighted by atomic mass is 10.1. The second-order valence-corrected chi connectivity index (χ2v) is 4.09. The van der Waals surface area contributed by atoms with Crippen LogP contribution in [0.15, 0.2) is 18.5 Å². The van der Waals surface area contributed by atoms with Gasteiger partial charge in [-0.05, 0) is 43.9 Å². The number of rotatable bonds is 3. The predicted molar refractivity (Wildman–Crippen MR) is 63.1 cm³/mol. The van der Waals surface area contributed by atoms with Gasteiger partial charge >= 0.3 is 0 Å². The Morgan fingerprint density at radius 2 is 2.07 bits per heavy atom. The second kappa shape index (κ2) is 5.12. The van der Waals surface area contributed by atoms with Crippen LogP contribution in [0.2, 0.25) is 0 Å². The molecule has 82 valence electrons. The van der Waals surface area contributed by atoms with Crippen molar-refractivity contribution in [2.45, 2.75) is 25.7 Å². The summed E-state index contributed by atoms with van der Waals surface area (Å²) in [4.78, 5) is 6.64. The van der Waals surface area contributed by atoms with Crippen LogP contribution in [0.3, 0.4) is 0 Å². The molecule has 0 radical (unpaired) electrons. The van der Waals surface area contributed by atoms with E-state index in [1.54, 1.807) is 0 Å². The molecule has 1 aromatic rings. The van der Waals surface area contributed by atoms with E-state index in [2.05, 4.69) is 16.0 Å². The molecule has 1 aliphatic rings. The third-order valence-electron chi connectivity index (χ3n) is 2.99. The number of piperidine rings is 1. The maximum absolute atomic E-state index is 5.61. The fourth-order valence-electron chi connectivity index (χ4n) is 2.21. The Morgan fingerprint density at radius 1 is 1.27 bits per heavy atom. The standard InChI is InChI=1S/C12H19N3/c13-6-4-11-10-14-7-5-12(11)15-8-2-1-3-9-15/h5,7,10H,1-4,6,8-9,13H2. The van der Waals surface area contributed by atoms with Crippen LogP contribution < -0.4 is 10.6 Å². The fraction of sp³-hybridized carbons (Fsp3) is 0.583. The normalized spacial score (nSPS) is 16.7. The fourth-order valence-corrected chi connectivity index (χ4v) is 2.21. The summed E-state index contributed by atoms with van der Waals surface area (Å²) >= 11 is 0. The molecular weight excluding hydrogens is 186 g/mol. The van der Waals surface area contributed by atoms with Gasteiger partial charge in [-0.25, -0.2) is 0 Å². The van der Waals surface area contributed by atoms with Gasteiger partial charge in [-0.3, -0.25) is 4.98 Å². The first kappa shape index (κ1) is 10.4. The van der Waals surface area contributed by atoms with E-state index >= 15 is 0 Å². The highest BCUT2D eigenvalue weighted by Gasteiger charge is 2.13. The third kappa shape index (κ3) is 2.48. The molecule has 1 aliphatic heterocycles. The number of nitrogens with two attached hydrogens (primary N) is 1. The van der Waals surface area contributed by atoms with Crippen LogP contribution in [0.4, 0.5) is 5.69 Å². The minimum Gasteiger partial charge on any atom is -0.371 e. The van der Waals surface area contributed by atoms with Crippen molar-refractivity contribution < 1.29 is 0 Å². The van der Waals surface area contributed by atoms with Gasteiger partial charge in [0.2, 0.25) is 0 Å². The van der Waals surface area contributed by atoms with Gasteiger partial charge in [0.25, 0.3) is 0 Å². The van der Waals surface area contributed by atoms with Crippen molar-refractivity contribution in [2.24, 2.45) is 5.73 Å². The Balaban J connectivity index is 2.17. The van der Waals surface area contributed by atoms with Crippen molar-refractivity contribution in [3.63, 3.8) is 0 Å². The maximum atomic E-state index is 5.61. The Kier molecular flexibility index (Phi) is 3.56. The van der Waals surface area contributed by atoms with E-state index in [0.29, 0.717) is 6.54 Å². The minimum absolute atomic E-state index is 0.701. The lowest BCUT2D eigenvalue weighted by Gasteiger charge is -2.30. The summed E-state index contributed by atoms with van der Waals surface area (Å²) in [5, 5.41) is 0. The van der Waals surface area contributed by atoms with E-state index in [9.17, 15) is 0 Å². The number of hydrogen-bond acceptors (Lipinski definition) is 3. The van der Waals surface area contributed by atoms with E-state index in [0.717, 1.165) is 6.42 Å². The van der Waals surface area contributed by atoms with E-state index in [4.69, 9.17) is 5.73 Å². The zero-order valence-corrected chi connectivity index (χ0v) is 9.15. The molecule has 15 heavy (non-hydrogen) atoms. The molecule has 0 aromatic carbocycles. The monoisotopic (exact) mass is 205 g/mol. The quantitative estimate of drug-likeness (QED) is 0.814. The lowest BCUT2D eigenvalue weighted by Crippen LogP contribution is -2.30. The maximum Gasteiger partial charge on any atom is 0.0430 e. The molecule has 2 rings (SSSR count). The number of hydrogen-bond donors (Lipinski definition) is 1. The van der Waals surface area contributed by atoms with Crippen LogP contribution in [0.25, 0.3) is 0 Å². The van der Waals surface area contributed by atoms with Crippen LogP contribution >= 0.6 is 0 Å². The number of nitrogens with zero attached hydrogens (tertiary/aromatic N) is 2. The Labute approximate surface area is 91.3 Å². The smallest absolute Gasteiger partial charge is 0.0430 e. The second-order valence-electron chi connectivity index (χ2n) is 4.09. The van der Waals surface area contributed by atoms with Crippen molar-refractivity contribution in [3.05, 3.63) is 24.0 Å². The summed E-state index contributed by atoms with van der Waals surface area (Å²) in [6.45, 7) is 3.07. The van der Waals surface area contributed by atoms with Gasteiger partial charge < -0.3 is 10.6 Å². The lowest BCUT2D eigenvalue weighted by molar-refractivity contribution is 0.576. The van der Waals surface area contributed by atoms with Gasteiger partial charge in [0.1, 0.15) is 0 Å². The van der Waals surface area contributed by atoms with Gasteiger partial charge in [-0.1, -0.05) is 0 Å². The molecule has 1 fully saturated rings. The molecule has 3 nitrogen and oxygen atoms in total. The Bertz CT molecular complexity index is 305. The van der Waals surface area contributed by atoms with Crippen LogP contribution in [0.1, 0.15) is 24.8 Å². The summed E-state index contributed by atoms with van der Waals surface area (Å²) in [5.74, 6) is 0. The highest BCUT2D eigenvalue weighted by Crippen LogP contribution is 2.23. The summed E-state index contributed by atoms with van der Waals surface area (Å²) in [6, 6.07) is 2.12. The molecule has 0 aliphatic carbocycles. The molecule has 0 bridgehead atoms. The van der Waals surface area contributed by atoms with Crippen molar-refractivity contribution in [2.75, 3.05) is 24.5 Å². The molecule has 0 amide bonds. The molecule has 0 saturated carbocycles. The summed E-state index contributed by atoms with van der Waals surface area (Å²) in [7, 11) is 0. The van der Waals surface area contributed by atoms with Crippen LogP contribution in [0, 0.1) is 0 Å². The van der Waals surface area contributed by atoms with E-state index in [-0.39, 0.29) is 0 Å². The molecule has 0 atom stereocenters. The van der Waals surface area contributed by atoms with Crippen molar-refractivity contribution in [1.29, 1.82) is 0 Å². The first-order valence-corrected chi connectivity index (χ1v) is 5.79. The zero-order valence-electron chi connectivity index (χ0n) is 9.15. The largest absolute Gasteiger partial charge is 0.371 e. The van der Waals surface area contributed by atoms with Gasteiger partial charge in [0, 0.05) is 31.2 Å². The minimum atomic E-state index is 0.701. The van der Waals surface area contributed by atoms with Gasteiger partial charge in [0.05, 0.1) is 0 Å². The van der Waals surface area contributed by atoms with Crippen LogP contribution in [-0.2, 0) is 6.42 Å². The van der Waals surface area contributed by atoms with Crippen LogP contribution in [-0.4, -0.2) is 24.6 Å². The first-order valence-electron chi connectivity index (χ1n) is 5.79. The molecule has 2 heterocycles. The Hall–Kier alpha value is -1.09. The number of anilines is 1. The summed E-state index contributed by atoms with van der Waals surface area (Å²) in [6.07, 6.45) is 8.75. The zero-order chi connectivity index (χ0) is 10.5. The molecule has 1 saturated heterocycles. The molecule has 0 spiro atoms. The van der Waals surface area contributed by atoms with Crippen molar-refractivity contribution in [3.8, 4) is 0 Å². The molecular formula is C12H19N3.